The molecule has 1 unspecified atom stereocenters. The molecule has 32 heavy (non-hydrogen) atoms. The number of hydrogen-bond acceptors (Lipinski definition) is 9. The summed E-state index contributed by atoms with van der Waals surface area (Å²) in [6, 6.07) is 8.69. The molecule has 2 aromatic heterocycles. The van der Waals surface area contributed by atoms with E-state index in [1.807, 2.05) is 23.8 Å². The molecule has 1 amide bonds. The summed E-state index contributed by atoms with van der Waals surface area (Å²) in [5.41, 5.74) is 1.04. The second kappa shape index (κ2) is 10.5. The highest BCUT2D eigenvalue weighted by Crippen LogP contribution is 2.37. The maximum atomic E-state index is 12.9. The molecule has 0 radical (unpaired) electrons. The van der Waals surface area contributed by atoms with E-state index in [0.717, 1.165) is 23.1 Å². The van der Waals surface area contributed by atoms with Gasteiger partial charge in [-0.1, -0.05) is 17.8 Å². The van der Waals surface area contributed by atoms with Gasteiger partial charge in [-0.25, -0.2) is 4.98 Å². The molecule has 1 aliphatic rings. The van der Waals surface area contributed by atoms with Crippen LogP contribution < -0.4 is 5.32 Å². The van der Waals surface area contributed by atoms with Crippen LogP contribution in [0.25, 0.3) is 0 Å². The normalized spacial score (nSPS) is 15.4. The van der Waals surface area contributed by atoms with Crippen molar-refractivity contribution < 1.29 is 14.5 Å². The first-order valence-corrected chi connectivity index (χ1v) is 12.6. The van der Waals surface area contributed by atoms with Crippen LogP contribution in [0.3, 0.4) is 0 Å². The van der Waals surface area contributed by atoms with Crippen LogP contribution in [0.1, 0.15) is 27.0 Å². The average molecular weight is 491 g/mol. The summed E-state index contributed by atoms with van der Waals surface area (Å²) in [7, 11) is 0. The number of carbonyl (C=O) groups excluding carboxylic acids is 1. The van der Waals surface area contributed by atoms with Gasteiger partial charge in [-0.05, 0) is 30.5 Å². The van der Waals surface area contributed by atoms with E-state index in [4.69, 9.17) is 4.74 Å². The molecule has 8 nitrogen and oxygen atoms in total. The highest BCUT2D eigenvalue weighted by Gasteiger charge is 2.25. The predicted molar refractivity (Wildman–Crippen MR) is 126 cm³/mol. The first-order chi connectivity index (χ1) is 15.5. The third-order valence-corrected chi connectivity index (χ3v) is 8.12. The van der Waals surface area contributed by atoms with Crippen molar-refractivity contribution in [2.24, 2.45) is 0 Å². The Hall–Kier alpha value is -2.31. The standard InChI is InChI=1S/C21H22N4O4S3/c1-14-13-31-21(23-14)32-19-5-4-15(11-16(19)25(27)28)20(26)22-12-17(18-3-2-10-30-18)24-6-8-29-9-7-24/h2-5,10-11,13,17H,6-9,12H2,1H3,(H,22,26). The van der Waals surface area contributed by atoms with E-state index in [9.17, 15) is 14.9 Å². The fourth-order valence-electron chi connectivity index (χ4n) is 3.43. The van der Waals surface area contributed by atoms with Gasteiger partial charge in [-0.2, -0.15) is 0 Å². The molecule has 1 atom stereocenters. The summed E-state index contributed by atoms with van der Waals surface area (Å²) in [5.74, 6) is -0.329. The van der Waals surface area contributed by atoms with Gasteiger partial charge in [0.15, 0.2) is 4.34 Å². The minimum atomic E-state index is -0.457. The summed E-state index contributed by atoms with van der Waals surface area (Å²) < 4.78 is 6.19. The van der Waals surface area contributed by atoms with Crippen LogP contribution in [-0.4, -0.2) is 53.6 Å². The van der Waals surface area contributed by atoms with Gasteiger partial charge in [0.1, 0.15) is 0 Å². The molecule has 0 spiro atoms. The van der Waals surface area contributed by atoms with Crippen molar-refractivity contribution in [3.05, 3.63) is 67.3 Å². The van der Waals surface area contributed by atoms with Gasteiger partial charge >= 0.3 is 0 Å². The number of nitrogens with zero attached hydrogens (tertiary/aromatic N) is 3. The maximum absolute atomic E-state index is 12.9. The molecule has 4 rings (SSSR count). The van der Waals surface area contributed by atoms with Crippen molar-refractivity contribution in [2.45, 2.75) is 22.2 Å². The number of morpholine rings is 1. The van der Waals surface area contributed by atoms with Crippen molar-refractivity contribution in [1.82, 2.24) is 15.2 Å². The third-order valence-electron chi connectivity index (χ3n) is 5.03. The number of nitro benzene ring substituents is 1. The molecule has 0 saturated carbocycles. The number of amides is 1. The zero-order chi connectivity index (χ0) is 22.5. The first-order valence-electron chi connectivity index (χ1n) is 10.0. The maximum Gasteiger partial charge on any atom is 0.284 e. The molecule has 168 valence electrons. The van der Waals surface area contributed by atoms with Crippen LogP contribution in [0.15, 0.2) is 50.3 Å². The minimum Gasteiger partial charge on any atom is -0.379 e. The summed E-state index contributed by atoms with van der Waals surface area (Å²) in [6.45, 7) is 5.22. The van der Waals surface area contributed by atoms with Gasteiger partial charge in [0.25, 0.3) is 11.6 Å². The number of nitrogens with one attached hydrogen (secondary N) is 1. The number of benzene rings is 1. The van der Waals surface area contributed by atoms with Crippen molar-refractivity contribution in [2.75, 3.05) is 32.8 Å². The van der Waals surface area contributed by atoms with Gasteiger partial charge in [0, 0.05) is 47.2 Å². The van der Waals surface area contributed by atoms with Gasteiger partial charge in [-0.15, -0.1) is 22.7 Å². The van der Waals surface area contributed by atoms with E-state index in [-0.39, 0.29) is 23.2 Å². The second-order valence-electron chi connectivity index (χ2n) is 7.19. The van der Waals surface area contributed by atoms with Gasteiger partial charge < -0.3 is 10.1 Å². The molecule has 1 aromatic carbocycles. The molecular formula is C21H22N4O4S3. The van der Waals surface area contributed by atoms with Crippen LogP contribution in [0.4, 0.5) is 5.69 Å². The molecule has 3 aromatic rings. The molecule has 0 bridgehead atoms. The lowest BCUT2D eigenvalue weighted by Gasteiger charge is -2.34. The summed E-state index contributed by atoms with van der Waals surface area (Å²) >= 11 is 4.32. The zero-order valence-electron chi connectivity index (χ0n) is 17.4. The molecule has 1 aliphatic heterocycles. The second-order valence-corrected chi connectivity index (χ2v) is 10.3. The number of hydrogen-bond donors (Lipinski definition) is 1. The Balaban J connectivity index is 1.48. The number of aryl methyl sites for hydroxylation is 1. The quantitative estimate of drug-likeness (QED) is 0.370. The molecule has 1 saturated heterocycles. The van der Waals surface area contributed by atoms with E-state index in [0.29, 0.717) is 24.7 Å². The number of nitro groups is 1. The number of thiophene rings is 1. The van der Waals surface area contributed by atoms with Crippen molar-refractivity contribution in [1.29, 1.82) is 0 Å². The Morgan fingerprint density at radius 2 is 2.16 bits per heavy atom. The fraction of sp³-hybridized carbons (Fsp3) is 0.333. The van der Waals surface area contributed by atoms with Gasteiger partial charge in [-0.3, -0.25) is 19.8 Å². The smallest absolute Gasteiger partial charge is 0.284 e. The first kappa shape index (κ1) is 22.9. The molecular weight excluding hydrogens is 468 g/mol. The number of ether oxygens (including phenoxy) is 1. The molecule has 1 fully saturated rings. The topological polar surface area (TPSA) is 97.6 Å². The summed E-state index contributed by atoms with van der Waals surface area (Å²) in [5, 5.41) is 18.5. The Morgan fingerprint density at radius 1 is 1.34 bits per heavy atom. The van der Waals surface area contributed by atoms with Crippen LogP contribution in [0.2, 0.25) is 0 Å². The number of aromatic nitrogens is 1. The fourth-order valence-corrected chi connectivity index (χ4v) is 6.17. The van der Waals surface area contributed by atoms with Crippen LogP contribution in [0, 0.1) is 17.0 Å². The highest BCUT2D eigenvalue weighted by molar-refractivity contribution is 8.01. The van der Waals surface area contributed by atoms with Crippen molar-refractivity contribution >= 4 is 46.0 Å². The van der Waals surface area contributed by atoms with E-state index in [1.54, 1.807) is 23.5 Å². The predicted octanol–water partition coefficient (Wildman–Crippen LogP) is 4.38. The van der Waals surface area contributed by atoms with Gasteiger partial charge in [0.2, 0.25) is 0 Å². The van der Waals surface area contributed by atoms with E-state index < -0.39 is 4.92 Å². The number of rotatable bonds is 8. The Labute approximate surface area is 197 Å². The zero-order valence-corrected chi connectivity index (χ0v) is 19.8. The molecule has 3 heterocycles. The molecule has 0 aliphatic carbocycles. The Bertz CT molecular complexity index is 1080. The molecule has 11 heteroatoms. The largest absolute Gasteiger partial charge is 0.379 e. The molecule has 1 N–H and O–H groups in total. The van der Waals surface area contributed by atoms with E-state index in [2.05, 4.69) is 21.3 Å². The SMILES string of the molecule is Cc1csc(Sc2ccc(C(=O)NCC(c3cccs3)N3CCOCC3)cc2[N+](=O)[O-])n1. The summed E-state index contributed by atoms with van der Waals surface area (Å²) in [4.78, 5) is 32.3. The number of thiazole rings is 1. The number of carbonyl (C=O) groups is 1. The average Bonchev–Trinajstić information content (AvgIpc) is 3.47. The monoisotopic (exact) mass is 490 g/mol. The Morgan fingerprint density at radius 3 is 2.81 bits per heavy atom. The minimum absolute atomic E-state index is 0.0424. The van der Waals surface area contributed by atoms with E-state index in [1.165, 1.54) is 34.0 Å². The summed E-state index contributed by atoms with van der Waals surface area (Å²) in [6.07, 6.45) is 0. The lowest BCUT2D eigenvalue weighted by Crippen LogP contribution is -2.43. The van der Waals surface area contributed by atoms with Crippen LogP contribution in [-0.2, 0) is 4.74 Å². The Kier molecular flexibility index (Phi) is 7.53. The third kappa shape index (κ3) is 5.54. The van der Waals surface area contributed by atoms with Crippen LogP contribution >= 0.6 is 34.4 Å². The van der Waals surface area contributed by atoms with Crippen molar-refractivity contribution in [3.8, 4) is 0 Å². The lowest BCUT2D eigenvalue weighted by atomic mass is 10.1. The highest BCUT2D eigenvalue weighted by atomic mass is 32.2. The van der Waals surface area contributed by atoms with Gasteiger partial charge in [0.05, 0.1) is 29.1 Å². The van der Waals surface area contributed by atoms with Crippen molar-refractivity contribution in [3.63, 3.8) is 0 Å². The van der Waals surface area contributed by atoms with Crippen LogP contribution in [0.5, 0.6) is 0 Å². The lowest BCUT2D eigenvalue weighted by molar-refractivity contribution is -0.387. The van der Waals surface area contributed by atoms with E-state index >= 15 is 0 Å².